The molecule has 0 N–H and O–H groups in total. The molecule has 0 aromatic carbocycles. The molecule has 0 aliphatic carbocycles. The molecule has 4 rings (SSSR count). The van der Waals surface area contributed by atoms with Gasteiger partial charge in [-0.25, -0.2) is 0 Å². The van der Waals surface area contributed by atoms with Crippen molar-refractivity contribution in [3.8, 4) is 5.88 Å². The smallest absolute Gasteiger partial charge is 0.313 e. The minimum Gasteiger partial charge on any atom is -0.407 e. The number of ether oxygens (including phenoxy) is 1. The van der Waals surface area contributed by atoms with Crippen molar-refractivity contribution in [2.45, 2.75) is 12.3 Å². The summed E-state index contributed by atoms with van der Waals surface area (Å²) in [6.07, 6.45) is 3.39. The van der Waals surface area contributed by atoms with Gasteiger partial charge in [0.15, 0.2) is 0 Å². The third kappa shape index (κ3) is 1.75. The van der Waals surface area contributed by atoms with Crippen molar-refractivity contribution >= 4 is 11.6 Å². The monoisotopic (exact) mass is 296 g/mol. The lowest BCUT2D eigenvalue weighted by atomic mass is 9.92. The first-order valence-corrected chi connectivity index (χ1v) is 6.85. The first-order valence-electron chi connectivity index (χ1n) is 6.85. The van der Waals surface area contributed by atoms with Crippen molar-refractivity contribution in [1.82, 2.24) is 19.2 Å². The molecule has 4 heterocycles. The van der Waals surface area contributed by atoms with Crippen LogP contribution in [-0.4, -0.2) is 25.1 Å². The Kier molecular flexibility index (Phi) is 2.62. The van der Waals surface area contributed by atoms with Gasteiger partial charge in [-0.15, -0.1) is 0 Å². The van der Waals surface area contributed by atoms with Crippen molar-refractivity contribution < 1.29 is 9.53 Å². The predicted molar refractivity (Wildman–Crippen MR) is 76.8 cm³/mol. The van der Waals surface area contributed by atoms with Gasteiger partial charge in [0.25, 0.3) is 5.56 Å². The van der Waals surface area contributed by atoms with Crippen molar-refractivity contribution in [3.05, 3.63) is 58.3 Å². The highest BCUT2D eigenvalue weighted by Gasteiger charge is 2.34. The Morgan fingerprint density at radius 3 is 2.91 bits per heavy atom. The number of carbonyl (C=O) groups excluding carboxylic acids is 1. The number of aromatic nitrogens is 4. The lowest BCUT2D eigenvalue weighted by Gasteiger charge is -2.23. The van der Waals surface area contributed by atoms with Gasteiger partial charge in [-0.05, 0) is 18.2 Å². The topological polar surface area (TPSA) is 78.5 Å². The van der Waals surface area contributed by atoms with Gasteiger partial charge in [-0.1, -0.05) is 6.07 Å². The van der Waals surface area contributed by atoms with E-state index in [0.29, 0.717) is 11.2 Å². The predicted octanol–water partition coefficient (Wildman–Crippen LogP) is 0.869. The van der Waals surface area contributed by atoms with E-state index < -0.39 is 11.9 Å². The van der Waals surface area contributed by atoms with E-state index in [9.17, 15) is 9.59 Å². The van der Waals surface area contributed by atoms with Gasteiger partial charge in [0.2, 0.25) is 5.88 Å². The Morgan fingerprint density at radius 2 is 2.14 bits per heavy atom. The Balaban J connectivity index is 2.04. The molecule has 3 aromatic rings. The van der Waals surface area contributed by atoms with E-state index in [1.807, 2.05) is 0 Å². The molecule has 7 heteroatoms. The molecule has 110 valence electrons. The number of rotatable bonds is 1. The summed E-state index contributed by atoms with van der Waals surface area (Å²) in [5, 5.41) is 4.12. The fourth-order valence-electron chi connectivity index (χ4n) is 2.85. The van der Waals surface area contributed by atoms with E-state index in [4.69, 9.17) is 4.74 Å². The van der Waals surface area contributed by atoms with Crippen molar-refractivity contribution in [2.24, 2.45) is 7.05 Å². The van der Waals surface area contributed by atoms with Crippen molar-refractivity contribution in [3.63, 3.8) is 0 Å². The largest absolute Gasteiger partial charge is 0.407 e. The van der Waals surface area contributed by atoms with Crippen LogP contribution in [0.1, 0.15) is 23.6 Å². The van der Waals surface area contributed by atoms with Crippen LogP contribution in [0.2, 0.25) is 0 Å². The highest BCUT2D eigenvalue weighted by atomic mass is 16.5. The van der Waals surface area contributed by atoms with Gasteiger partial charge in [0, 0.05) is 31.1 Å². The van der Waals surface area contributed by atoms with E-state index in [1.54, 1.807) is 48.4 Å². The fourth-order valence-corrected chi connectivity index (χ4v) is 2.85. The summed E-state index contributed by atoms with van der Waals surface area (Å²) in [7, 11) is 1.78. The van der Waals surface area contributed by atoms with Gasteiger partial charge in [-0.2, -0.15) is 10.1 Å². The minimum absolute atomic E-state index is 0.0960. The molecule has 0 radical (unpaired) electrons. The molecule has 0 amide bonds. The molecule has 1 aliphatic heterocycles. The summed E-state index contributed by atoms with van der Waals surface area (Å²) in [6, 6.07) is 7.03. The van der Waals surface area contributed by atoms with E-state index in [1.165, 1.54) is 4.40 Å². The lowest BCUT2D eigenvalue weighted by molar-refractivity contribution is -0.136. The molecule has 0 fully saturated rings. The van der Waals surface area contributed by atoms with Crippen LogP contribution in [0.25, 0.3) is 5.65 Å². The number of pyridine rings is 1. The van der Waals surface area contributed by atoms with E-state index in [0.717, 1.165) is 5.69 Å². The van der Waals surface area contributed by atoms with Crippen LogP contribution in [0.5, 0.6) is 5.88 Å². The molecule has 7 nitrogen and oxygen atoms in total. The summed E-state index contributed by atoms with van der Waals surface area (Å²) in [5.74, 6) is -0.703. The highest BCUT2D eigenvalue weighted by Crippen LogP contribution is 2.35. The molecule has 0 saturated heterocycles. The number of hydrogen-bond acceptors (Lipinski definition) is 5. The zero-order chi connectivity index (χ0) is 15.3. The van der Waals surface area contributed by atoms with E-state index in [2.05, 4.69) is 10.1 Å². The molecule has 0 bridgehead atoms. The molecule has 1 aliphatic rings. The Bertz CT molecular complexity index is 957. The van der Waals surface area contributed by atoms with Crippen LogP contribution >= 0.6 is 0 Å². The summed E-state index contributed by atoms with van der Waals surface area (Å²) in [6.45, 7) is 0. The molecule has 1 unspecified atom stereocenters. The number of aryl methyl sites for hydroxylation is 1. The second-order valence-electron chi connectivity index (χ2n) is 5.18. The number of fused-ring (bicyclic) bond motifs is 2. The molecule has 0 saturated carbocycles. The first kappa shape index (κ1) is 12.8. The van der Waals surface area contributed by atoms with Crippen LogP contribution in [0.15, 0.2) is 41.5 Å². The maximum atomic E-state index is 12.8. The third-order valence-electron chi connectivity index (χ3n) is 3.88. The average molecular weight is 296 g/mol. The van der Waals surface area contributed by atoms with Crippen LogP contribution < -0.4 is 10.3 Å². The molecule has 0 spiro atoms. The summed E-state index contributed by atoms with van der Waals surface area (Å²) < 4.78 is 8.31. The second kappa shape index (κ2) is 4.52. The fraction of sp³-hybridized carbons (Fsp3) is 0.200. The maximum absolute atomic E-state index is 12.8. The normalized spacial score (nSPS) is 17.3. The molecule has 3 aromatic heterocycles. The zero-order valence-electron chi connectivity index (χ0n) is 11.8. The van der Waals surface area contributed by atoms with Gasteiger partial charge in [-0.3, -0.25) is 18.7 Å². The zero-order valence-corrected chi connectivity index (χ0v) is 11.8. The van der Waals surface area contributed by atoms with E-state index >= 15 is 0 Å². The van der Waals surface area contributed by atoms with Gasteiger partial charge < -0.3 is 4.74 Å². The Hall–Kier alpha value is -2.96. The summed E-state index contributed by atoms with van der Waals surface area (Å²) >= 11 is 0. The van der Waals surface area contributed by atoms with Gasteiger partial charge >= 0.3 is 5.97 Å². The molecule has 22 heavy (non-hydrogen) atoms. The molecular formula is C15H12N4O3. The maximum Gasteiger partial charge on any atom is 0.313 e. The summed E-state index contributed by atoms with van der Waals surface area (Å²) in [5.41, 5.74) is 1.41. The van der Waals surface area contributed by atoms with Crippen LogP contribution in [-0.2, 0) is 11.8 Å². The van der Waals surface area contributed by atoms with Crippen LogP contribution in [0.3, 0.4) is 0 Å². The Morgan fingerprint density at radius 1 is 1.27 bits per heavy atom. The second-order valence-corrected chi connectivity index (χ2v) is 5.18. The number of nitrogens with zero attached hydrogens (tertiary/aromatic N) is 4. The first-order chi connectivity index (χ1) is 10.6. The highest BCUT2D eigenvalue weighted by molar-refractivity contribution is 5.77. The number of esters is 1. The standard InChI is InChI=1S/C15H12N4O3/c1-18-10(5-6-16-18)9-8-12(20)22-14-13(9)15(21)19-7-3-2-4-11(19)17-14/h2-7,9H,8H2,1H3. The minimum atomic E-state index is -0.402. The molecular weight excluding hydrogens is 284 g/mol. The lowest BCUT2D eigenvalue weighted by Crippen LogP contribution is -2.31. The van der Waals surface area contributed by atoms with Crippen molar-refractivity contribution in [2.75, 3.05) is 0 Å². The quantitative estimate of drug-likeness (QED) is 0.623. The Labute approximate surface area is 124 Å². The van der Waals surface area contributed by atoms with E-state index in [-0.39, 0.29) is 17.9 Å². The molecule has 1 atom stereocenters. The average Bonchev–Trinajstić information content (AvgIpc) is 2.92. The van der Waals surface area contributed by atoms with Gasteiger partial charge in [0.05, 0.1) is 12.0 Å². The third-order valence-corrected chi connectivity index (χ3v) is 3.88. The number of carbonyl (C=O) groups is 1. The van der Waals surface area contributed by atoms with Crippen molar-refractivity contribution in [1.29, 1.82) is 0 Å². The number of hydrogen-bond donors (Lipinski definition) is 0. The van der Waals surface area contributed by atoms with Crippen LogP contribution in [0.4, 0.5) is 0 Å². The summed E-state index contributed by atoms with van der Waals surface area (Å²) in [4.78, 5) is 29.0. The van der Waals surface area contributed by atoms with Gasteiger partial charge in [0.1, 0.15) is 5.65 Å². The SMILES string of the molecule is Cn1nccc1C1CC(=O)Oc2nc3ccccn3c(=O)c21. The van der Waals surface area contributed by atoms with Crippen LogP contribution in [0, 0.1) is 0 Å².